The number of hydrogen-bond acceptors (Lipinski definition) is 2. The largest absolute Gasteiger partial charge is 0.337 e. The van der Waals surface area contributed by atoms with E-state index in [1.165, 1.54) is 17.5 Å². The van der Waals surface area contributed by atoms with Crippen molar-refractivity contribution in [2.24, 2.45) is 0 Å². The van der Waals surface area contributed by atoms with E-state index >= 15 is 0 Å². The Kier molecular flexibility index (Phi) is 3.56. The molecule has 1 aromatic carbocycles. The minimum Gasteiger partial charge on any atom is -0.337 e. The van der Waals surface area contributed by atoms with Gasteiger partial charge in [-0.05, 0) is 49.8 Å². The lowest BCUT2D eigenvalue weighted by Crippen LogP contribution is -2.43. The maximum Gasteiger partial charge on any atom is 0.239 e. The van der Waals surface area contributed by atoms with E-state index in [-0.39, 0.29) is 18.0 Å². The fourth-order valence-corrected chi connectivity index (χ4v) is 3.43. The molecule has 2 aliphatic rings. The maximum absolute atomic E-state index is 12.5. The fraction of sp³-hybridized carbons (Fsp3) is 0.562. The Balaban J connectivity index is 1.80. The van der Waals surface area contributed by atoms with Crippen molar-refractivity contribution in [1.29, 1.82) is 0 Å². The quantitative estimate of drug-likeness (QED) is 0.882. The van der Waals surface area contributed by atoms with Gasteiger partial charge in [-0.15, -0.1) is 0 Å². The van der Waals surface area contributed by atoms with Gasteiger partial charge >= 0.3 is 0 Å². The van der Waals surface area contributed by atoms with Gasteiger partial charge in [-0.3, -0.25) is 4.79 Å². The molecule has 0 aromatic heterocycles. The lowest BCUT2D eigenvalue weighted by Gasteiger charge is -2.34. The van der Waals surface area contributed by atoms with Gasteiger partial charge in [0.25, 0.3) is 0 Å². The van der Waals surface area contributed by atoms with Gasteiger partial charge in [-0.1, -0.05) is 24.3 Å². The predicted octanol–water partition coefficient (Wildman–Crippen LogP) is 2.27. The number of fused-ring (bicyclic) bond motifs is 1. The number of likely N-dealkylation sites (N-methyl/N-ethyl adjacent to an activating group) is 1. The van der Waals surface area contributed by atoms with Crippen LogP contribution in [-0.4, -0.2) is 30.4 Å². The van der Waals surface area contributed by atoms with Crippen molar-refractivity contribution in [1.82, 2.24) is 10.2 Å². The number of hydrogen-bond donors (Lipinski definition) is 1. The smallest absolute Gasteiger partial charge is 0.239 e. The molecular weight excluding hydrogens is 236 g/mol. The van der Waals surface area contributed by atoms with Crippen LogP contribution >= 0.6 is 0 Å². The van der Waals surface area contributed by atoms with Crippen LogP contribution in [0.25, 0.3) is 0 Å². The van der Waals surface area contributed by atoms with Crippen molar-refractivity contribution in [3.8, 4) is 0 Å². The Morgan fingerprint density at radius 3 is 2.89 bits per heavy atom. The summed E-state index contributed by atoms with van der Waals surface area (Å²) in [6.07, 6.45) is 5.52. The second-order valence-electron chi connectivity index (χ2n) is 5.70. The highest BCUT2D eigenvalue weighted by Gasteiger charge is 2.31. The lowest BCUT2D eigenvalue weighted by atomic mass is 9.87. The maximum atomic E-state index is 12.5. The van der Waals surface area contributed by atoms with Crippen LogP contribution in [0.2, 0.25) is 0 Å². The molecule has 3 heteroatoms. The molecule has 1 heterocycles. The highest BCUT2D eigenvalue weighted by Crippen LogP contribution is 2.33. The fourth-order valence-electron chi connectivity index (χ4n) is 3.43. The first-order valence-electron chi connectivity index (χ1n) is 7.35. The second-order valence-corrected chi connectivity index (χ2v) is 5.70. The molecular formula is C16H22N2O. The third kappa shape index (κ3) is 2.39. The summed E-state index contributed by atoms with van der Waals surface area (Å²) < 4.78 is 0. The summed E-state index contributed by atoms with van der Waals surface area (Å²) in [5.41, 5.74) is 2.76. The van der Waals surface area contributed by atoms with Gasteiger partial charge in [0.1, 0.15) is 0 Å². The van der Waals surface area contributed by atoms with Crippen LogP contribution in [0.5, 0.6) is 0 Å². The number of carbonyl (C=O) groups is 1. The topological polar surface area (TPSA) is 32.3 Å². The van der Waals surface area contributed by atoms with E-state index in [1.54, 1.807) is 0 Å². The zero-order valence-electron chi connectivity index (χ0n) is 11.6. The first kappa shape index (κ1) is 12.7. The summed E-state index contributed by atoms with van der Waals surface area (Å²) >= 11 is 0. The molecule has 0 spiro atoms. The van der Waals surface area contributed by atoms with Crippen molar-refractivity contribution < 1.29 is 4.79 Å². The van der Waals surface area contributed by atoms with Crippen molar-refractivity contribution in [3.63, 3.8) is 0 Å². The van der Waals surface area contributed by atoms with Crippen LogP contribution in [0.1, 0.15) is 42.9 Å². The first-order valence-corrected chi connectivity index (χ1v) is 7.35. The molecule has 3 rings (SSSR count). The van der Waals surface area contributed by atoms with E-state index in [2.05, 4.69) is 29.6 Å². The average Bonchev–Trinajstić information content (AvgIpc) is 2.99. The monoisotopic (exact) mass is 258 g/mol. The van der Waals surface area contributed by atoms with Crippen LogP contribution < -0.4 is 5.32 Å². The average molecular weight is 258 g/mol. The Hall–Kier alpha value is -1.35. The SMILES string of the molecule is CN(C(=O)[C@H]1CCCN1)C1CCCc2ccccc21. The summed E-state index contributed by atoms with van der Waals surface area (Å²) in [5, 5.41) is 3.31. The Bertz CT molecular complexity index is 466. The first-order chi connectivity index (χ1) is 9.27. The summed E-state index contributed by atoms with van der Waals surface area (Å²) in [6, 6.07) is 8.88. The molecule has 19 heavy (non-hydrogen) atoms. The lowest BCUT2D eigenvalue weighted by molar-refractivity contribution is -0.134. The molecule has 1 aliphatic carbocycles. The summed E-state index contributed by atoms with van der Waals surface area (Å²) in [5.74, 6) is 0.263. The van der Waals surface area contributed by atoms with Gasteiger partial charge in [-0.25, -0.2) is 0 Å². The standard InChI is InChI=1S/C16H22N2O/c1-18(16(19)14-9-5-11-17-14)15-10-4-7-12-6-2-3-8-13(12)15/h2-3,6,8,14-15,17H,4-5,7,9-11H2,1H3/t14-,15?/m1/s1. The molecule has 0 saturated carbocycles. The van der Waals surface area contributed by atoms with Crippen molar-refractivity contribution in [3.05, 3.63) is 35.4 Å². The van der Waals surface area contributed by atoms with Crippen molar-refractivity contribution in [2.75, 3.05) is 13.6 Å². The normalized spacial score (nSPS) is 25.9. The number of nitrogens with zero attached hydrogens (tertiary/aromatic N) is 1. The van der Waals surface area contributed by atoms with E-state index in [0.717, 1.165) is 32.2 Å². The Morgan fingerprint density at radius 2 is 2.11 bits per heavy atom. The van der Waals surface area contributed by atoms with Crippen LogP contribution in [0.3, 0.4) is 0 Å². The van der Waals surface area contributed by atoms with Crippen LogP contribution in [-0.2, 0) is 11.2 Å². The zero-order valence-corrected chi connectivity index (χ0v) is 11.6. The molecule has 1 aliphatic heterocycles. The molecule has 3 nitrogen and oxygen atoms in total. The minimum absolute atomic E-state index is 0.0408. The van der Waals surface area contributed by atoms with Crippen LogP contribution in [0.15, 0.2) is 24.3 Å². The highest BCUT2D eigenvalue weighted by molar-refractivity contribution is 5.82. The molecule has 102 valence electrons. The number of carbonyl (C=O) groups excluding carboxylic acids is 1. The molecule has 1 saturated heterocycles. The third-order valence-electron chi connectivity index (χ3n) is 4.51. The molecule has 1 aromatic rings. The molecule has 0 radical (unpaired) electrons. The number of benzene rings is 1. The summed E-state index contributed by atoms with van der Waals surface area (Å²) in [6.45, 7) is 0.978. The van der Waals surface area contributed by atoms with Crippen LogP contribution in [0.4, 0.5) is 0 Å². The molecule has 1 fully saturated rings. The minimum atomic E-state index is 0.0408. The van der Waals surface area contributed by atoms with Crippen molar-refractivity contribution >= 4 is 5.91 Å². The number of nitrogens with one attached hydrogen (secondary N) is 1. The molecule has 1 N–H and O–H groups in total. The van der Waals surface area contributed by atoms with E-state index in [0.29, 0.717) is 0 Å². The van der Waals surface area contributed by atoms with Crippen molar-refractivity contribution in [2.45, 2.75) is 44.2 Å². The van der Waals surface area contributed by atoms with Gasteiger partial charge < -0.3 is 10.2 Å². The van der Waals surface area contributed by atoms with Gasteiger partial charge in [0.2, 0.25) is 5.91 Å². The number of rotatable bonds is 2. The summed E-state index contributed by atoms with van der Waals surface area (Å²) in [4.78, 5) is 14.5. The number of aryl methyl sites for hydroxylation is 1. The van der Waals surface area contributed by atoms with Gasteiger partial charge in [0, 0.05) is 7.05 Å². The molecule has 1 unspecified atom stereocenters. The second kappa shape index (κ2) is 5.33. The molecule has 1 amide bonds. The highest BCUT2D eigenvalue weighted by atomic mass is 16.2. The third-order valence-corrected chi connectivity index (χ3v) is 4.51. The zero-order chi connectivity index (χ0) is 13.2. The van der Waals surface area contributed by atoms with Gasteiger partial charge in [0.05, 0.1) is 12.1 Å². The molecule has 2 atom stereocenters. The van der Waals surface area contributed by atoms with E-state index in [4.69, 9.17) is 0 Å². The number of amides is 1. The van der Waals surface area contributed by atoms with E-state index in [9.17, 15) is 4.79 Å². The molecule has 0 bridgehead atoms. The van der Waals surface area contributed by atoms with E-state index < -0.39 is 0 Å². The van der Waals surface area contributed by atoms with Crippen LogP contribution in [0, 0.1) is 0 Å². The van der Waals surface area contributed by atoms with Gasteiger partial charge in [0.15, 0.2) is 0 Å². The predicted molar refractivity (Wildman–Crippen MR) is 75.9 cm³/mol. The Morgan fingerprint density at radius 1 is 1.26 bits per heavy atom. The Labute approximate surface area is 115 Å². The van der Waals surface area contributed by atoms with E-state index in [1.807, 2.05) is 11.9 Å². The summed E-state index contributed by atoms with van der Waals surface area (Å²) in [7, 11) is 1.97. The van der Waals surface area contributed by atoms with Gasteiger partial charge in [-0.2, -0.15) is 0 Å².